The average Bonchev–Trinajstić information content (AvgIpc) is 3.60. The summed E-state index contributed by atoms with van der Waals surface area (Å²) in [6.07, 6.45) is 3.10. The van der Waals surface area contributed by atoms with E-state index in [0.29, 0.717) is 35.9 Å². The van der Waals surface area contributed by atoms with E-state index in [1.165, 1.54) is 17.4 Å². The molecule has 12 heteroatoms. The number of imidazole rings is 1. The van der Waals surface area contributed by atoms with Gasteiger partial charge in [-0.3, -0.25) is 0 Å². The van der Waals surface area contributed by atoms with Crippen LogP contribution in [0, 0.1) is 11.6 Å². The Kier molecular flexibility index (Phi) is 6.87. The predicted octanol–water partition coefficient (Wildman–Crippen LogP) is 5.76. The minimum atomic E-state index is -1.05. The normalized spacial score (nSPS) is 16.5. The molecule has 0 bridgehead atoms. The maximum absolute atomic E-state index is 15.5. The van der Waals surface area contributed by atoms with Crippen LogP contribution in [0.25, 0.3) is 22.3 Å². The number of ether oxygens (including phenoxy) is 2. The molecule has 1 saturated carbocycles. The molecule has 7 rings (SSSR count). The van der Waals surface area contributed by atoms with Crippen molar-refractivity contribution in [3.63, 3.8) is 0 Å². The third-order valence-electron chi connectivity index (χ3n) is 7.49. The van der Waals surface area contributed by atoms with Crippen LogP contribution in [0.15, 0.2) is 48.5 Å². The van der Waals surface area contributed by atoms with Gasteiger partial charge in [0.1, 0.15) is 29.1 Å². The second-order valence-electron chi connectivity index (χ2n) is 10.5. The lowest BCUT2D eigenvalue weighted by molar-refractivity contribution is -0.0589. The summed E-state index contributed by atoms with van der Waals surface area (Å²) in [6.45, 7) is 1.28. The Balaban J connectivity index is 1.14. The van der Waals surface area contributed by atoms with Gasteiger partial charge in [0.25, 0.3) is 0 Å². The quantitative estimate of drug-likeness (QED) is 0.219. The SMILES string of the molecule is O=C(O)c1ccc2nc(Cc3cc(F)c(-c4cccc(OCc5nnc(C6CC6)s5)n4)cc3F)n(CC3CCO3)c2c1. The molecule has 1 N–H and O–H groups in total. The molecule has 0 amide bonds. The Morgan fingerprint density at radius 3 is 2.69 bits per heavy atom. The van der Waals surface area contributed by atoms with E-state index < -0.39 is 17.6 Å². The summed E-state index contributed by atoms with van der Waals surface area (Å²) >= 11 is 1.52. The fourth-order valence-corrected chi connectivity index (χ4v) is 5.89. The Hall–Kier alpha value is -4.29. The third kappa shape index (κ3) is 5.35. The highest BCUT2D eigenvalue weighted by Crippen LogP contribution is 2.41. The van der Waals surface area contributed by atoms with Crippen molar-refractivity contribution in [1.82, 2.24) is 24.7 Å². The highest BCUT2D eigenvalue weighted by atomic mass is 32.1. The maximum Gasteiger partial charge on any atom is 0.335 e. The van der Waals surface area contributed by atoms with Crippen LogP contribution in [0.5, 0.6) is 5.88 Å². The van der Waals surface area contributed by atoms with Gasteiger partial charge in [0.05, 0.1) is 34.9 Å². The lowest BCUT2D eigenvalue weighted by Crippen LogP contribution is -2.31. The summed E-state index contributed by atoms with van der Waals surface area (Å²) in [4.78, 5) is 20.6. The Morgan fingerprint density at radius 1 is 1.07 bits per heavy atom. The van der Waals surface area contributed by atoms with E-state index in [1.54, 1.807) is 30.3 Å². The highest BCUT2D eigenvalue weighted by Gasteiger charge is 2.28. The number of hydrogen-bond donors (Lipinski definition) is 1. The van der Waals surface area contributed by atoms with Gasteiger partial charge in [-0.2, -0.15) is 0 Å². The third-order valence-corrected chi connectivity index (χ3v) is 8.55. The largest absolute Gasteiger partial charge is 0.478 e. The minimum Gasteiger partial charge on any atom is -0.478 e. The second kappa shape index (κ2) is 10.8. The van der Waals surface area contributed by atoms with Gasteiger partial charge in [0, 0.05) is 30.6 Å². The van der Waals surface area contributed by atoms with E-state index in [2.05, 4.69) is 20.2 Å². The van der Waals surface area contributed by atoms with Crippen LogP contribution < -0.4 is 4.74 Å². The van der Waals surface area contributed by atoms with Gasteiger partial charge in [-0.15, -0.1) is 10.2 Å². The van der Waals surface area contributed by atoms with Crippen LogP contribution in [-0.2, 0) is 24.3 Å². The van der Waals surface area contributed by atoms with Gasteiger partial charge < -0.3 is 19.1 Å². The number of carboxylic acids is 1. The molecule has 9 nitrogen and oxygen atoms in total. The zero-order valence-electron chi connectivity index (χ0n) is 22.3. The standard InChI is InChI=1S/C30H25F2N5O4S/c31-21-13-20(23-2-1-3-27(34-23)41-15-28-35-36-29(42-28)16-4-5-16)22(32)10-18(21)12-26-33-24-7-6-17(30(38)39)11-25(24)37(26)14-19-8-9-40-19/h1-3,6-7,10-11,13,16,19H,4-5,8-9,12,14-15H2,(H,38,39). The first-order valence-electron chi connectivity index (χ1n) is 13.7. The minimum absolute atomic E-state index is 0.00805. The number of carbonyl (C=O) groups is 1. The molecular formula is C30H25F2N5O4S. The van der Waals surface area contributed by atoms with Gasteiger partial charge in [0.15, 0.2) is 5.01 Å². The number of nitrogens with zero attached hydrogens (tertiary/aromatic N) is 5. The number of halogens is 2. The van der Waals surface area contributed by atoms with E-state index >= 15 is 8.78 Å². The summed E-state index contributed by atoms with van der Waals surface area (Å²) in [6, 6.07) is 11.9. The fourth-order valence-electron chi connectivity index (χ4n) is 4.97. The van der Waals surface area contributed by atoms with Crippen molar-refractivity contribution in [2.75, 3.05) is 6.61 Å². The highest BCUT2D eigenvalue weighted by molar-refractivity contribution is 7.11. The molecule has 42 heavy (non-hydrogen) atoms. The maximum atomic E-state index is 15.5. The smallest absolute Gasteiger partial charge is 0.335 e. The van der Waals surface area contributed by atoms with Crippen LogP contribution in [-0.4, -0.2) is 48.5 Å². The van der Waals surface area contributed by atoms with Crippen molar-refractivity contribution in [3.05, 3.63) is 87.1 Å². The van der Waals surface area contributed by atoms with E-state index in [9.17, 15) is 9.90 Å². The number of fused-ring (bicyclic) bond motifs is 1. The average molecular weight is 590 g/mol. The first kappa shape index (κ1) is 26.6. The van der Waals surface area contributed by atoms with E-state index in [-0.39, 0.29) is 47.4 Å². The zero-order chi connectivity index (χ0) is 28.8. The zero-order valence-corrected chi connectivity index (χ0v) is 23.1. The van der Waals surface area contributed by atoms with Crippen molar-refractivity contribution in [2.45, 2.75) is 50.9 Å². The van der Waals surface area contributed by atoms with Gasteiger partial charge in [0.2, 0.25) is 5.88 Å². The molecule has 2 fully saturated rings. The Labute approximate surface area is 242 Å². The summed E-state index contributed by atoms with van der Waals surface area (Å²) in [5.41, 5.74) is 1.67. The summed E-state index contributed by atoms with van der Waals surface area (Å²) in [5, 5.41) is 19.6. The molecule has 1 aliphatic carbocycles. The van der Waals surface area contributed by atoms with Crippen molar-refractivity contribution in [1.29, 1.82) is 0 Å². The first-order valence-corrected chi connectivity index (χ1v) is 14.5. The molecule has 1 aliphatic heterocycles. The molecule has 1 unspecified atom stereocenters. The molecule has 1 saturated heterocycles. The molecule has 2 aromatic carbocycles. The number of benzene rings is 2. The van der Waals surface area contributed by atoms with Crippen molar-refractivity contribution in [3.8, 4) is 17.1 Å². The van der Waals surface area contributed by atoms with E-state index in [4.69, 9.17) is 9.47 Å². The molecule has 4 heterocycles. The lowest BCUT2D eigenvalue weighted by Gasteiger charge is -2.27. The molecular weight excluding hydrogens is 564 g/mol. The summed E-state index contributed by atoms with van der Waals surface area (Å²) in [7, 11) is 0. The molecule has 214 valence electrons. The number of aromatic carboxylic acids is 1. The molecule has 3 aromatic heterocycles. The fraction of sp³-hybridized carbons (Fsp3) is 0.300. The van der Waals surface area contributed by atoms with Crippen molar-refractivity contribution >= 4 is 28.3 Å². The number of pyridine rings is 1. The summed E-state index contributed by atoms with van der Waals surface area (Å²) in [5.74, 6) is -1.02. The van der Waals surface area contributed by atoms with Gasteiger partial charge in [-0.1, -0.05) is 17.4 Å². The number of aromatic nitrogens is 5. The van der Waals surface area contributed by atoms with Gasteiger partial charge >= 0.3 is 5.97 Å². The van der Waals surface area contributed by atoms with Crippen LogP contribution in [0.2, 0.25) is 0 Å². The van der Waals surface area contributed by atoms with Crippen LogP contribution in [0.3, 0.4) is 0 Å². The monoisotopic (exact) mass is 589 g/mol. The van der Waals surface area contributed by atoms with E-state index in [0.717, 1.165) is 41.4 Å². The van der Waals surface area contributed by atoms with Gasteiger partial charge in [-0.05, 0) is 61.2 Å². The Bertz CT molecular complexity index is 1820. The van der Waals surface area contributed by atoms with Crippen LogP contribution in [0.4, 0.5) is 8.78 Å². The predicted molar refractivity (Wildman–Crippen MR) is 150 cm³/mol. The molecule has 0 radical (unpaired) electrons. The lowest BCUT2D eigenvalue weighted by atomic mass is 10.0. The number of hydrogen-bond acceptors (Lipinski definition) is 8. The van der Waals surface area contributed by atoms with Gasteiger partial charge in [-0.25, -0.2) is 23.5 Å². The first-order chi connectivity index (χ1) is 20.4. The summed E-state index contributed by atoms with van der Waals surface area (Å²) < 4.78 is 44.1. The van der Waals surface area contributed by atoms with Crippen LogP contribution >= 0.6 is 11.3 Å². The second-order valence-corrected chi connectivity index (χ2v) is 11.6. The molecule has 2 aliphatic rings. The molecule has 1 atom stereocenters. The van der Waals surface area contributed by atoms with Crippen molar-refractivity contribution in [2.24, 2.45) is 0 Å². The molecule has 5 aromatic rings. The van der Waals surface area contributed by atoms with Crippen molar-refractivity contribution < 1.29 is 28.2 Å². The number of carboxylic acid groups (broad SMARTS) is 1. The Morgan fingerprint density at radius 2 is 1.93 bits per heavy atom. The van der Waals surface area contributed by atoms with Crippen LogP contribution in [0.1, 0.15) is 56.9 Å². The molecule has 0 spiro atoms. The number of rotatable bonds is 10. The van der Waals surface area contributed by atoms with E-state index in [1.807, 2.05) is 4.57 Å². The topological polar surface area (TPSA) is 112 Å².